The van der Waals surface area contributed by atoms with Crippen molar-refractivity contribution in [2.24, 2.45) is 5.92 Å². The summed E-state index contributed by atoms with van der Waals surface area (Å²) in [6.45, 7) is 5.95. The molecule has 0 bridgehead atoms. The number of nitrogens with zero attached hydrogens (tertiary/aromatic N) is 1. The predicted octanol–water partition coefficient (Wildman–Crippen LogP) is 1.63. The molecule has 1 aliphatic heterocycles. The summed E-state index contributed by atoms with van der Waals surface area (Å²) in [7, 11) is 1.97. The Balaban J connectivity index is 2.53. The van der Waals surface area contributed by atoms with E-state index in [-0.39, 0.29) is 5.92 Å². The van der Waals surface area contributed by atoms with Crippen LogP contribution >= 0.6 is 0 Å². The Morgan fingerprint density at radius 3 is 2.80 bits per heavy atom. The van der Waals surface area contributed by atoms with E-state index in [1.807, 2.05) is 20.9 Å². The zero-order chi connectivity index (χ0) is 11.3. The predicted molar refractivity (Wildman–Crippen MR) is 62.7 cm³/mol. The van der Waals surface area contributed by atoms with E-state index in [1.165, 1.54) is 19.3 Å². The van der Waals surface area contributed by atoms with Gasteiger partial charge in [-0.25, -0.2) is 0 Å². The first-order chi connectivity index (χ1) is 7.16. The summed E-state index contributed by atoms with van der Waals surface area (Å²) in [6.07, 6.45) is 4.72. The molecule has 0 aromatic heterocycles. The average Bonchev–Trinajstić information content (AvgIpc) is 2.25. The van der Waals surface area contributed by atoms with Crippen molar-refractivity contribution in [1.29, 1.82) is 0 Å². The maximum atomic E-state index is 12.0. The van der Waals surface area contributed by atoms with Gasteiger partial charge in [0, 0.05) is 18.5 Å². The SMILES string of the molecule is CNCCC1CCCCN1C(=O)C(C)C. The van der Waals surface area contributed by atoms with Gasteiger partial charge in [0.05, 0.1) is 0 Å². The first kappa shape index (κ1) is 12.5. The Morgan fingerprint density at radius 1 is 1.47 bits per heavy atom. The molecule has 0 radical (unpaired) electrons. The third-order valence-corrected chi connectivity index (χ3v) is 3.13. The second-order valence-corrected chi connectivity index (χ2v) is 4.73. The van der Waals surface area contributed by atoms with Gasteiger partial charge in [0.2, 0.25) is 5.91 Å². The molecule has 0 aliphatic carbocycles. The molecule has 1 aliphatic rings. The van der Waals surface area contributed by atoms with Gasteiger partial charge in [-0.3, -0.25) is 4.79 Å². The van der Waals surface area contributed by atoms with E-state index in [9.17, 15) is 4.79 Å². The standard InChI is InChI=1S/C12H24N2O/c1-10(2)12(15)14-9-5-4-6-11(14)7-8-13-3/h10-11,13H,4-9H2,1-3H3. The van der Waals surface area contributed by atoms with Gasteiger partial charge in [0.1, 0.15) is 0 Å². The van der Waals surface area contributed by atoms with Crippen LogP contribution in [-0.4, -0.2) is 37.0 Å². The Morgan fingerprint density at radius 2 is 2.20 bits per heavy atom. The van der Waals surface area contributed by atoms with E-state index in [1.54, 1.807) is 0 Å². The summed E-state index contributed by atoms with van der Waals surface area (Å²) >= 11 is 0. The molecule has 88 valence electrons. The minimum absolute atomic E-state index is 0.139. The number of amides is 1. The normalized spacial score (nSPS) is 22.1. The highest BCUT2D eigenvalue weighted by Crippen LogP contribution is 2.21. The van der Waals surface area contributed by atoms with Crippen molar-refractivity contribution in [3.05, 3.63) is 0 Å². The fraction of sp³-hybridized carbons (Fsp3) is 0.917. The molecule has 0 spiro atoms. The molecule has 1 amide bonds. The summed E-state index contributed by atoms with van der Waals surface area (Å²) in [5.41, 5.74) is 0. The van der Waals surface area contributed by atoms with Crippen molar-refractivity contribution in [3.63, 3.8) is 0 Å². The molecular weight excluding hydrogens is 188 g/mol. The first-order valence-corrected chi connectivity index (χ1v) is 6.12. The molecule has 1 heterocycles. The molecule has 1 atom stereocenters. The van der Waals surface area contributed by atoms with Crippen LogP contribution in [0.3, 0.4) is 0 Å². The molecule has 1 saturated heterocycles. The summed E-state index contributed by atoms with van der Waals surface area (Å²) < 4.78 is 0. The smallest absolute Gasteiger partial charge is 0.225 e. The zero-order valence-electron chi connectivity index (χ0n) is 10.3. The number of likely N-dealkylation sites (tertiary alicyclic amines) is 1. The van der Waals surface area contributed by atoms with Crippen LogP contribution in [-0.2, 0) is 4.79 Å². The van der Waals surface area contributed by atoms with Crippen LogP contribution in [0.1, 0.15) is 39.5 Å². The molecule has 0 aromatic carbocycles. The Kier molecular flexibility index (Phi) is 5.09. The van der Waals surface area contributed by atoms with Crippen molar-refractivity contribution in [1.82, 2.24) is 10.2 Å². The minimum Gasteiger partial charge on any atom is -0.339 e. The minimum atomic E-state index is 0.139. The number of nitrogens with one attached hydrogen (secondary N) is 1. The van der Waals surface area contributed by atoms with Crippen LogP contribution in [0.15, 0.2) is 0 Å². The lowest BCUT2D eigenvalue weighted by molar-refractivity contribution is -0.138. The Labute approximate surface area is 93.2 Å². The highest BCUT2D eigenvalue weighted by atomic mass is 16.2. The van der Waals surface area contributed by atoms with E-state index < -0.39 is 0 Å². The lowest BCUT2D eigenvalue weighted by Crippen LogP contribution is -2.46. The van der Waals surface area contributed by atoms with E-state index in [0.717, 1.165) is 19.5 Å². The van der Waals surface area contributed by atoms with Gasteiger partial charge in [0.15, 0.2) is 0 Å². The summed E-state index contributed by atoms with van der Waals surface area (Å²) in [4.78, 5) is 14.1. The van der Waals surface area contributed by atoms with Crippen molar-refractivity contribution in [3.8, 4) is 0 Å². The van der Waals surface area contributed by atoms with E-state index in [0.29, 0.717) is 11.9 Å². The molecule has 1 unspecified atom stereocenters. The van der Waals surface area contributed by atoms with Crippen LogP contribution < -0.4 is 5.32 Å². The van der Waals surface area contributed by atoms with Crippen LogP contribution in [0.25, 0.3) is 0 Å². The van der Waals surface area contributed by atoms with E-state index >= 15 is 0 Å². The van der Waals surface area contributed by atoms with Gasteiger partial charge in [-0.05, 0) is 39.3 Å². The molecular formula is C12H24N2O. The number of hydrogen-bond acceptors (Lipinski definition) is 2. The fourth-order valence-corrected chi connectivity index (χ4v) is 2.23. The Bertz CT molecular complexity index is 204. The quantitative estimate of drug-likeness (QED) is 0.768. The fourth-order valence-electron chi connectivity index (χ4n) is 2.23. The zero-order valence-corrected chi connectivity index (χ0v) is 10.3. The molecule has 0 saturated carbocycles. The maximum absolute atomic E-state index is 12.0. The molecule has 15 heavy (non-hydrogen) atoms. The van der Waals surface area contributed by atoms with Gasteiger partial charge >= 0.3 is 0 Å². The van der Waals surface area contributed by atoms with Crippen molar-refractivity contribution >= 4 is 5.91 Å². The molecule has 1 fully saturated rings. The van der Waals surface area contributed by atoms with Crippen molar-refractivity contribution < 1.29 is 4.79 Å². The number of piperidine rings is 1. The largest absolute Gasteiger partial charge is 0.339 e. The summed E-state index contributed by atoms with van der Waals surface area (Å²) in [6, 6.07) is 0.473. The molecule has 0 aromatic rings. The molecule has 1 rings (SSSR count). The number of rotatable bonds is 4. The Hall–Kier alpha value is -0.570. The topological polar surface area (TPSA) is 32.3 Å². The maximum Gasteiger partial charge on any atom is 0.225 e. The number of hydrogen-bond donors (Lipinski definition) is 1. The van der Waals surface area contributed by atoms with Crippen molar-refractivity contribution in [2.75, 3.05) is 20.1 Å². The van der Waals surface area contributed by atoms with Gasteiger partial charge in [-0.15, -0.1) is 0 Å². The second kappa shape index (κ2) is 6.11. The van der Waals surface area contributed by atoms with Gasteiger partial charge < -0.3 is 10.2 Å². The lowest BCUT2D eigenvalue weighted by Gasteiger charge is -2.37. The van der Waals surface area contributed by atoms with E-state index in [4.69, 9.17) is 0 Å². The van der Waals surface area contributed by atoms with Crippen molar-refractivity contribution in [2.45, 2.75) is 45.6 Å². The molecule has 1 N–H and O–H groups in total. The third kappa shape index (κ3) is 3.49. The van der Waals surface area contributed by atoms with Gasteiger partial charge in [-0.1, -0.05) is 13.8 Å². The first-order valence-electron chi connectivity index (χ1n) is 6.12. The van der Waals surface area contributed by atoms with Crippen LogP contribution in [0.2, 0.25) is 0 Å². The van der Waals surface area contributed by atoms with Crippen LogP contribution in [0.5, 0.6) is 0 Å². The van der Waals surface area contributed by atoms with Crippen LogP contribution in [0, 0.1) is 5.92 Å². The van der Waals surface area contributed by atoms with Gasteiger partial charge in [-0.2, -0.15) is 0 Å². The molecule has 3 nitrogen and oxygen atoms in total. The monoisotopic (exact) mass is 212 g/mol. The summed E-state index contributed by atoms with van der Waals surface area (Å²) in [5, 5.41) is 3.17. The van der Waals surface area contributed by atoms with E-state index in [2.05, 4.69) is 10.2 Å². The second-order valence-electron chi connectivity index (χ2n) is 4.73. The number of carbonyl (C=O) groups excluding carboxylic acids is 1. The highest BCUT2D eigenvalue weighted by molar-refractivity contribution is 5.78. The average molecular weight is 212 g/mol. The highest BCUT2D eigenvalue weighted by Gasteiger charge is 2.27. The molecule has 3 heteroatoms. The number of carbonyl (C=O) groups is 1. The third-order valence-electron chi connectivity index (χ3n) is 3.13. The van der Waals surface area contributed by atoms with Gasteiger partial charge in [0.25, 0.3) is 0 Å². The lowest BCUT2D eigenvalue weighted by atomic mass is 9.97. The summed E-state index contributed by atoms with van der Waals surface area (Å²) in [5.74, 6) is 0.469. The van der Waals surface area contributed by atoms with Crippen LogP contribution in [0.4, 0.5) is 0 Å².